The Morgan fingerprint density at radius 1 is 0.261 bits per heavy atom. The van der Waals surface area contributed by atoms with E-state index in [4.69, 9.17) is 4.98 Å². The molecule has 0 saturated heterocycles. The van der Waals surface area contributed by atoms with E-state index in [-0.39, 0.29) is 0 Å². The normalized spacial score (nSPS) is 11.8. The number of nitriles is 1. The Labute approximate surface area is 531 Å². The maximum Gasteiger partial charge on any atom is 0.102 e. The second-order valence-electron chi connectivity index (χ2n) is 24.1. The van der Waals surface area contributed by atoms with Gasteiger partial charge in [0, 0.05) is 65.6 Å². The van der Waals surface area contributed by atoms with Gasteiger partial charge >= 0.3 is 0 Å². The lowest BCUT2D eigenvalue weighted by Crippen LogP contribution is -2.17. The minimum absolute atomic E-state index is 0.507. The molecule has 0 bridgehead atoms. The van der Waals surface area contributed by atoms with Crippen LogP contribution in [0, 0.1) is 25.2 Å². The summed E-state index contributed by atoms with van der Waals surface area (Å²) in [6.45, 7) is 4.15. The molecule has 0 aliphatic heterocycles. The Balaban J connectivity index is 1.14. The minimum atomic E-state index is 0.507. The standard InChI is InChI=1S/C86H56N6/c1-54-39-44-64(55(2)88-54)82-73(53-87)83(89-74-35-19-15-31-65(74)69-49-60(40-45-78(69)89)56-23-7-3-8-24-56)85(91-76-37-21-17-33-67(76)71-51-62(42-47-80(71)91)58-27-11-5-12-28-58)86(92-77-38-22-18-34-68(77)72-52-63(43-48-81(72)92)59-29-13-6-14-30-59)84(82)90-75-36-20-16-32-66(75)70-50-61(41-46-79(70)90)57-25-9-4-10-26-57/h3-52H,1-2H3. The van der Waals surface area contributed by atoms with Crippen molar-refractivity contribution in [3.63, 3.8) is 0 Å². The lowest BCUT2D eigenvalue weighted by Gasteiger charge is -2.30. The van der Waals surface area contributed by atoms with Crippen LogP contribution in [0.3, 0.4) is 0 Å². The van der Waals surface area contributed by atoms with Crippen LogP contribution in [0.1, 0.15) is 17.0 Å². The first-order chi connectivity index (χ1) is 45.5. The molecule has 0 saturated carbocycles. The summed E-state index contributed by atoms with van der Waals surface area (Å²) in [5.41, 5.74) is 24.2. The van der Waals surface area contributed by atoms with Crippen molar-refractivity contribution in [2.45, 2.75) is 13.8 Å². The second-order valence-corrected chi connectivity index (χ2v) is 24.1. The van der Waals surface area contributed by atoms with Gasteiger partial charge in [0.05, 0.1) is 72.4 Å². The highest BCUT2D eigenvalue weighted by molar-refractivity contribution is 6.18. The van der Waals surface area contributed by atoms with Gasteiger partial charge < -0.3 is 18.3 Å². The zero-order chi connectivity index (χ0) is 61.1. The molecule has 6 nitrogen and oxygen atoms in total. The van der Waals surface area contributed by atoms with Crippen LogP contribution in [0.25, 0.3) is 166 Å². The molecule has 6 heteroatoms. The highest BCUT2D eigenvalue weighted by Crippen LogP contribution is 2.53. The molecule has 430 valence electrons. The minimum Gasteiger partial charge on any atom is -0.306 e. The second kappa shape index (κ2) is 20.9. The summed E-state index contributed by atoms with van der Waals surface area (Å²) < 4.78 is 9.93. The Morgan fingerprint density at radius 3 is 0.870 bits per heavy atom. The summed E-state index contributed by atoms with van der Waals surface area (Å²) in [6, 6.07) is 113. The van der Waals surface area contributed by atoms with Gasteiger partial charge in [0.25, 0.3) is 0 Å². The van der Waals surface area contributed by atoms with Crippen LogP contribution >= 0.6 is 0 Å². The van der Waals surface area contributed by atoms with Gasteiger partial charge in [-0.1, -0.05) is 224 Å². The first-order valence-corrected chi connectivity index (χ1v) is 31.4. The largest absolute Gasteiger partial charge is 0.306 e. The summed E-state index contributed by atoms with van der Waals surface area (Å²) >= 11 is 0. The number of hydrogen-bond donors (Lipinski definition) is 0. The molecule has 0 atom stereocenters. The monoisotopic (exact) mass is 1170 g/mol. The van der Waals surface area contributed by atoms with Gasteiger partial charge in [-0.05, 0) is 137 Å². The highest BCUT2D eigenvalue weighted by atomic mass is 15.1. The van der Waals surface area contributed by atoms with E-state index in [0.29, 0.717) is 5.56 Å². The topological polar surface area (TPSA) is 56.4 Å². The number of benzene rings is 13. The molecule has 18 rings (SSSR count). The Kier molecular flexibility index (Phi) is 12.0. The van der Waals surface area contributed by atoms with Crippen LogP contribution in [0.5, 0.6) is 0 Å². The van der Waals surface area contributed by atoms with E-state index in [9.17, 15) is 5.26 Å². The number of para-hydroxylation sites is 4. The van der Waals surface area contributed by atoms with Crippen molar-refractivity contribution in [2.24, 2.45) is 0 Å². The van der Waals surface area contributed by atoms with Gasteiger partial charge in [-0.2, -0.15) is 5.26 Å². The number of nitrogens with zero attached hydrogens (tertiary/aromatic N) is 6. The zero-order valence-corrected chi connectivity index (χ0v) is 50.6. The lowest BCUT2D eigenvalue weighted by molar-refractivity contribution is 1.02. The maximum atomic E-state index is 13.2. The maximum absolute atomic E-state index is 13.2. The fourth-order valence-corrected chi connectivity index (χ4v) is 15.0. The van der Waals surface area contributed by atoms with Crippen molar-refractivity contribution < 1.29 is 0 Å². The molecule has 0 unspecified atom stereocenters. The molecular weight excluding hydrogens is 1120 g/mol. The van der Waals surface area contributed by atoms with Crippen LogP contribution < -0.4 is 0 Å². The van der Waals surface area contributed by atoms with Crippen LogP contribution in [0.15, 0.2) is 303 Å². The zero-order valence-electron chi connectivity index (χ0n) is 50.6. The highest BCUT2D eigenvalue weighted by Gasteiger charge is 2.36. The van der Waals surface area contributed by atoms with Gasteiger partial charge in [0.2, 0.25) is 0 Å². The van der Waals surface area contributed by atoms with Gasteiger partial charge in [-0.15, -0.1) is 0 Å². The number of hydrogen-bond acceptors (Lipinski definition) is 2. The summed E-state index contributed by atoms with van der Waals surface area (Å²) in [5, 5.41) is 21.9. The number of aryl methyl sites for hydroxylation is 2. The molecule has 0 spiro atoms. The fraction of sp³-hybridized carbons (Fsp3) is 0.0233. The van der Waals surface area contributed by atoms with Gasteiger partial charge in [-0.3, -0.25) is 4.98 Å². The quantitative estimate of drug-likeness (QED) is 0.145. The van der Waals surface area contributed by atoms with E-state index in [0.717, 1.165) is 177 Å². The van der Waals surface area contributed by atoms with Crippen LogP contribution in [-0.4, -0.2) is 23.3 Å². The third-order valence-corrected chi connectivity index (χ3v) is 19.0. The first kappa shape index (κ1) is 52.8. The molecule has 0 aliphatic carbocycles. The van der Waals surface area contributed by atoms with E-state index >= 15 is 0 Å². The number of pyridine rings is 1. The number of rotatable bonds is 9. The summed E-state index contributed by atoms with van der Waals surface area (Å²) in [7, 11) is 0. The average molecular weight is 1170 g/mol. The molecular formula is C86H56N6. The number of fused-ring (bicyclic) bond motifs is 12. The molecule has 92 heavy (non-hydrogen) atoms. The van der Waals surface area contributed by atoms with E-state index in [1.54, 1.807) is 0 Å². The molecule has 5 heterocycles. The fourth-order valence-electron chi connectivity index (χ4n) is 15.0. The van der Waals surface area contributed by atoms with E-state index in [1.165, 1.54) is 0 Å². The predicted octanol–water partition coefficient (Wildman–Crippen LogP) is 22.3. The molecule has 0 amide bonds. The molecule has 13 aromatic carbocycles. The third kappa shape index (κ3) is 8.02. The first-order valence-electron chi connectivity index (χ1n) is 31.4. The molecule has 5 aromatic heterocycles. The smallest absolute Gasteiger partial charge is 0.102 e. The van der Waals surface area contributed by atoms with Crippen LogP contribution in [0.2, 0.25) is 0 Å². The Morgan fingerprint density at radius 2 is 0.543 bits per heavy atom. The predicted molar refractivity (Wildman–Crippen MR) is 383 cm³/mol. The van der Waals surface area contributed by atoms with Crippen molar-refractivity contribution in [3.8, 4) is 84.5 Å². The summed E-state index contributed by atoms with van der Waals surface area (Å²) in [5.74, 6) is 0. The Bertz CT molecular complexity index is 6080. The van der Waals surface area contributed by atoms with Crippen LogP contribution in [-0.2, 0) is 0 Å². The van der Waals surface area contributed by atoms with Crippen molar-refractivity contribution in [1.29, 1.82) is 5.26 Å². The Hall–Kier alpha value is -12.3. The van der Waals surface area contributed by atoms with Crippen molar-refractivity contribution in [2.75, 3.05) is 0 Å². The van der Waals surface area contributed by atoms with Crippen molar-refractivity contribution in [1.82, 2.24) is 23.3 Å². The van der Waals surface area contributed by atoms with E-state index in [1.807, 2.05) is 0 Å². The van der Waals surface area contributed by atoms with Gasteiger partial charge in [0.15, 0.2) is 0 Å². The SMILES string of the molecule is Cc1ccc(-c2c(C#N)c(-n3c4ccccc4c4cc(-c5ccccc5)ccc43)c(-n3c4ccccc4c4cc(-c5ccccc5)ccc43)c(-n3c4ccccc4c4cc(-c5ccccc5)ccc43)c2-n2c3ccccc3c3cc(-c4ccccc4)ccc32)c(C)n1. The van der Waals surface area contributed by atoms with Crippen LogP contribution in [0.4, 0.5) is 0 Å². The van der Waals surface area contributed by atoms with E-state index in [2.05, 4.69) is 342 Å². The molecule has 0 radical (unpaired) electrons. The van der Waals surface area contributed by atoms with Crippen molar-refractivity contribution >= 4 is 87.2 Å². The summed E-state index contributed by atoms with van der Waals surface area (Å²) in [6.07, 6.45) is 0. The molecule has 0 fully saturated rings. The molecule has 18 aromatic rings. The third-order valence-electron chi connectivity index (χ3n) is 19.0. The number of aromatic nitrogens is 5. The average Bonchev–Trinajstić information content (AvgIpc) is 1.47. The van der Waals surface area contributed by atoms with Gasteiger partial charge in [-0.25, -0.2) is 0 Å². The van der Waals surface area contributed by atoms with Gasteiger partial charge in [0.1, 0.15) is 6.07 Å². The van der Waals surface area contributed by atoms with Crippen molar-refractivity contribution in [3.05, 3.63) is 320 Å². The summed E-state index contributed by atoms with van der Waals surface area (Å²) in [4.78, 5) is 5.33. The molecule has 0 aliphatic rings. The molecule has 0 N–H and O–H groups in total. The lowest BCUT2D eigenvalue weighted by atomic mass is 9.91. The van der Waals surface area contributed by atoms with E-state index < -0.39 is 0 Å².